The number of hydrogen-bond donors (Lipinski definition) is 1. The summed E-state index contributed by atoms with van der Waals surface area (Å²) in [4.78, 5) is 15.5. The zero-order valence-electron chi connectivity index (χ0n) is 12.4. The minimum Gasteiger partial charge on any atom is -0.439 e. The lowest BCUT2D eigenvalue weighted by Gasteiger charge is -2.06. The first-order valence-electron chi connectivity index (χ1n) is 7.18. The van der Waals surface area contributed by atoms with E-state index in [2.05, 4.69) is 29.4 Å². The molecule has 110 valence electrons. The van der Waals surface area contributed by atoms with Gasteiger partial charge in [0.25, 0.3) is 5.91 Å². The van der Waals surface area contributed by atoms with Gasteiger partial charge in [0.05, 0.1) is 5.56 Å². The van der Waals surface area contributed by atoms with E-state index in [4.69, 9.17) is 4.74 Å². The third-order valence-corrected chi connectivity index (χ3v) is 3.19. The molecule has 0 fully saturated rings. The van der Waals surface area contributed by atoms with Crippen LogP contribution in [0.15, 0.2) is 42.6 Å². The predicted molar refractivity (Wildman–Crippen MR) is 82.8 cm³/mol. The van der Waals surface area contributed by atoms with Crippen LogP contribution in [0.3, 0.4) is 0 Å². The molecule has 1 aromatic heterocycles. The largest absolute Gasteiger partial charge is 0.439 e. The Kier molecular flexibility index (Phi) is 5.32. The van der Waals surface area contributed by atoms with Gasteiger partial charge in [0, 0.05) is 19.3 Å². The third-order valence-electron chi connectivity index (χ3n) is 3.19. The maximum absolute atomic E-state index is 11.4. The zero-order chi connectivity index (χ0) is 15.1. The monoisotopic (exact) mass is 284 g/mol. The second-order valence-electron chi connectivity index (χ2n) is 4.81. The number of hydrogen-bond acceptors (Lipinski definition) is 3. The molecule has 0 atom stereocenters. The van der Waals surface area contributed by atoms with Gasteiger partial charge in [-0.1, -0.05) is 25.5 Å². The summed E-state index contributed by atoms with van der Waals surface area (Å²) < 4.78 is 5.66. The minimum atomic E-state index is -0.158. The first kappa shape index (κ1) is 15.0. The van der Waals surface area contributed by atoms with Crippen LogP contribution in [-0.2, 0) is 6.42 Å². The van der Waals surface area contributed by atoms with Gasteiger partial charge in [-0.15, -0.1) is 0 Å². The number of aromatic nitrogens is 1. The zero-order valence-corrected chi connectivity index (χ0v) is 12.4. The molecule has 1 aromatic carbocycles. The molecule has 2 rings (SSSR count). The molecular formula is C17H20N2O2. The summed E-state index contributed by atoms with van der Waals surface area (Å²) in [6.45, 7) is 2.19. The SMILES string of the molecule is CCCCc1ccc(Oc2ccc(C(=O)NC)cn2)cc1. The van der Waals surface area contributed by atoms with E-state index in [9.17, 15) is 4.79 Å². The highest BCUT2D eigenvalue weighted by atomic mass is 16.5. The Morgan fingerprint density at radius 1 is 1.19 bits per heavy atom. The molecule has 4 heteroatoms. The number of ether oxygens (including phenoxy) is 1. The molecule has 4 nitrogen and oxygen atoms in total. The number of pyridine rings is 1. The van der Waals surface area contributed by atoms with E-state index in [-0.39, 0.29) is 5.91 Å². The highest BCUT2D eigenvalue weighted by Crippen LogP contribution is 2.20. The van der Waals surface area contributed by atoms with Crippen LogP contribution in [0.5, 0.6) is 11.6 Å². The van der Waals surface area contributed by atoms with Gasteiger partial charge >= 0.3 is 0 Å². The number of rotatable bonds is 6. The molecule has 0 radical (unpaired) electrons. The summed E-state index contributed by atoms with van der Waals surface area (Å²) in [5.41, 5.74) is 1.83. The lowest BCUT2D eigenvalue weighted by Crippen LogP contribution is -2.17. The molecule has 0 saturated heterocycles. The van der Waals surface area contributed by atoms with E-state index in [1.807, 2.05) is 12.1 Å². The Morgan fingerprint density at radius 3 is 2.52 bits per heavy atom. The van der Waals surface area contributed by atoms with Crippen molar-refractivity contribution in [1.29, 1.82) is 0 Å². The Bertz CT molecular complexity index is 577. The highest BCUT2D eigenvalue weighted by Gasteiger charge is 2.04. The third kappa shape index (κ3) is 4.31. The van der Waals surface area contributed by atoms with E-state index in [1.165, 1.54) is 24.6 Å². The molecule has 0 spiro atoms. The maximum Gasteiger partial charge on any atom is 0.252 e. The minimum absolute atomic E-state index is 0.158. The summed E-state index contributed by atoms with van der Waals surface area (Å²) in [5.74, 6) is 1.06. The average molecular weight is 284 g/mol. The number of carbonyl (C=O) groups excluding carboxylic acids is 1. The van der Waals surface area contributed by atoms with Gasteiger partial charge in [0.1, 0.15) is 5.75 Å². The Hall–Kier alpha value is -2.36. The average Bonchev–Trinajstić information content (AvgIpc) is 2.54. The lowest BCUT2D eigenvalue weighted by molar-refractivity contribution is 0.0962. The first-order chi connectivity index (χ1) is 10.2. The van der Waals surface area contributed by atoms with Crippen molar-refractivity contribution in [2.45, 2.75) is 26.2 Å². The summed E-state index contributed by atoms with van der Waals surface area (Å²) in [5, 5.41) is 2.55. The summed E-state index contributed by atoms with van der Waals surface area (Å²) in [7, 11) is 1.59. The molecule has 0 saturated carbocycles. The highest BCUT2D eigenvalue weighted by molar-refractivity contribution is 5.93. The van der Waals surface area contributed by atoms with Crippen LogP contribution in [0.2, 0.25) is 0 Å². The topological polar surface area (TPSA) is 51.2 Å². The van der Waals surface area contributed by atoms with Gasteiger partial charge in [0.15, 0.2) is 0 Å². The van der Waals surface area contributed by atoms with Crippen molar-refractivity contribution in [3.63, 3.8) is 0 Å². The first-order valence-corrected chi connectivity index (χ1v) is 7.18. The van der Waals surface area contributed by atoms with E-state index < -0.39 is 0 Å². The quantitative estimate of drug-likeness (QED) is 0.882. The maximum atomic E-state index is 11.4. The summed E-state index contributed by atoms with van der Waals surface area (Å²) >= 11 is 0. The van der Waals surface area contributed by atoms with Crippen molar-refractivity contribution in [1.82, 2.24) is 10.3 Å². The molecule has 1 heterocycles. The second kappa shape index (κ2) is 7.43. The van der Waals surface area contributed by atoms with Crippen molar-refractivity contribution in [3.8, 4) is 11.6 Å². The van der Waals surface area contributed by atoms with E-state index in [1.54, 1.807) is 19.2 Å². The van der Waals surface area contributed by atoms with Gasteiger partial charge in [-0.2, -0.15) is 0 Å². The lowest BCUT2D eigenvalue weighted by atomic mass is 10.1. The van der Waals surface area contributed by atoms with Crippen LogP contribution in [0, 0.1) is 0 Å². The molecule has 0 unspecified atom stereocenters. The molecule has 0 bridgehead atoms. The Morgan fingerprint density at radius 2 is 1.95 bits per heavy atom. The molecule has 21 heavy (non-hydrogen) atoms. The summed E-state index contributed by atoms with van der Waals surface area (Å²) in [6.07, 6.45) is 4.99. The van der Waals surface area contributed by atoms with Crippen LogP contribution >= 0.6 is 0 Å². The van der Waals surface area contributed by atoms with Crippen molar-refractivity contribution in [2.75, 3.05) is 7.05 Å². The number of benzene rings is 1. The molecule has 0 aliphatic rings. The predicted octanol–water partition coefficient (Wildman–Crippen LogP) is 3.58. The smallest absolute Gasteiger partial charge is 0.252 e. The van der Waals surface area contributed by atoms with Crippen LogP contribution in [-0.4, -0.2) is 17.9 Å². The number of unbranched alkanes of at least 4 members (excludes halogenated alkanes) is 1. The number of carbonyl (C=O) groups is 1. The molecular weight excluding hydrogens is 264 g/mol. The molecule has 1 N–H and O–H groups in total. The second-order valence-corrected chi connectivity index (χ2v) is 4.81. The fraction of sp³-hybridized carbons (Fsp3) is 0.294. The van der Waals surface area contributed by atoms with E-state index in [0.29, 0.717) is 11.4 Å². The van der Waals surface area contributed by atoms with Crippen molar-refractivity contribution in [3.05, 3.63) is 53.7 Å². The Balaban J connectivity index is 1.99. The standard InChI is InChI=1S/C17H20N2O2/c1-3-4-5-13-6-9-15(10-7-13)21-16-11-8-14(12-19-16)17(20)18-2/h6-12H,3-5H2,1-2H3,(H,18,20). The van der Waals surface area contributed by atoms with Crippen molar-refractivity contribution < 1.29 is 9.53 Å². The van der Waals surface area contributed by atoms with Crippen LogP contribution in [0.4, 0.5) is 0 Å². The van der Waals surface area contributed by atoms with Gasteiger partial charge in [-0.25, -0.2) is 4.98 Å². The number of aryl methyl sites for hydroxylation is 1. The summed E-state index contributed by atoms with van der Waals surface area (Å²) in [6, 6.07) is 11.4. The van der Waals surface area contributed by atoms with Gasteiger partial charge < -0.3 is 10.1 Å². The van der Waals surface area contributed by atoms with E-state index in [0.717, 1.165) is 12.2 Å². The van der Waals surface area contributed by atoms with Crippen molar-refractivity contribution in [2.24, 2.45) is 0 Å². The van der Waals surface area contributed by atoms with Gasteiger partial charge in [0.2, 0.25) is 5.88 Å². The fourth-order valence-corrected chi connectivity index (χ4v) is 1.95. The Labute approximate surface area is 125 Å². The normalized spacial score (nSPS) is 10.2. The number of nitrogens with one attached hydrogen (secondary N) is 1. The van der Waals surface area contributed by atoms with Crippen LogP contribution < -0.4 is 10.1 Å². The number of nitrogens with zero attached hydrogens (tertiary/aromatic N) is 1. The van der Waals surface area contributed by atoms with Crippen molar-refractivity contribution >= 4 is 5.91 Å². The van der Waals surface area contributed by atoms with Crippen LogP contribution in [0.1, 0.15) is 35.7 Å². The van der Waals surface area contributed by atoms with Gasteiger partial charge in [-0.05, 0) is 36.6 Å². The molecule has 0 aliphatic carbocycles. The molecule has 0 aliphatic heterocycles. The molecule has 2 aromatic rings. The molecule has 1 amide bonds. The van der Waals surface area contributed by atoms with E-state index >= 15 is 0 Å². The van der Waals surface area contributed by atoms with Crippen LogP contribution in [0.25, 0.3) is 0 Å². The van der Waals surface area contributed by atoms with Gasteiger partial charge in [-0.3, -0.25) is 4.79 Å². The number of amides is 1. The fourth-order valence-electron chi connectivity index (χ4n) is 1.95.